The largest absolute Gasteiger partial charge is 0.418 e. The first kappa shape index (κ1) is 20.3. The highest BCUT2D eigenvalue weighted by Gasteiger charge is 2.35. The molecule has 1 aromatic rings. The third kappa shape index (κ3) is 4.77. The van der Waals surface area contributed by atoms with Gasteiger partial charge in [-0.2, -0.15) is 13.2 Å². The Morgan fingerprint density at radius 2 is 1.92 bits per heavy atom. The predicted molar refractivity (Wildman–Crippen MR) is 93.7 cm³/mol. The number of halogens is 3. The Morgan fingerprint density at radius 3 is 2.54 bits per heavy atom. The summed E-state index contributed by atoms with van der Waals surface area (Å²) in [7, 11) is 0. The Kier molecular flexibility index (Phi) is 6.67. The molecule has 0 aliphatic carbocycles. The number of likely N-dealkylation sites (tertiary alicyclic amines) is 1. The third-order valence-electron chi connectivity index (χ3n) is 4.85. The topological polar surface area (TPSA) is 40.6 Å². The van der Waals surface area contributed by atoms with E-state index in [1.807, 2.05) is 11.8 Å². The lowest BCUT2D eigenvalue weighted by atomic mass is 9.99. The van der Waals surface area contributed by atoms with Crippen LogP contribution >= 0.6 is 0 Å². The van der Waals surface area contributed by atoms with Crippen molar-refractivity contribution in [2.45, 2.75) is 58.2 Å². The molecule has 0 bridgehead atoms. The first-order chi connectivity index (χ1) is 12.3. The molecule has 1 atom stereocenters. The number of hydrogen-bond donors (Lipinski definition) is 0. The monoisotopic (exact) mass is 370 g/mol. The maximum Gasteiger partial charge on any atom is 0.418 e. The lowest BCUT2D eigenvalue weighted by Gasteiger charge is -2.36. The van der Waals surface area contributed by atoms with Crippen molar-refractivity contribution in [3.8, 4) is 0 Å². The number of rotatable bonds is 5. The van der Waals surface area contributed by atoms with Crippen LogP contribution in [0.4, 0.5) is 18.9 Å². The molecule has 144 valence electrons. The fourth-order valence-electron chi connectivity index (χ4n) is 3.50. The van der Waals surface area contributed by atoms with Crippen LogP contribution in [0, 0.1) is 0 Å². The van der Waals surface area contributed by atoms with Gasteiger partial charge in [0.2, 0.25) is 11.8 Å². The van der Waals surface area contributed by atoms with Gasteiger partial charge >= 0.3 is 6.18 Å². The van der Waals surface area contributed by atoms with Crippen molar-refractivity contribution < 1.29 is 22.8 Å². The molecule has 7 heteroatoms. The van der Waals surface area contributed by atoms with Crippen LogP contribution in [0.2, 0.25) is 0 Å². The van der Waals surface area contributed by atoms with E-state index in [1.165, 1.54) is 25.1 Å². The van der Waals surface area contributed by atoms with Crippen LogP contribution in [0.5, 0.6) is 0 Å². The Bertz CT molecular complexity index is 646. The lowest BCUT2D eigenvalue weighted by molar-refractivity contribution is -0.137. The van der Waals surface area contributed by atoms with Crippen molar-refractivity contribution >= 4 is 17.5 Å². The zero-order valence-corrected chi connectivity index (χ0v) is 15.2. The average Bonchev–Trinajstić information content (AvgIpc) is 2.61. The fourth-order valence-corrected chi connectivity index (χ4v) is 3.50. The number of amides is 2. The SMILES string of the molecule is CCC1CCCCN1C(=O)CCN(C(C)=O)c1ccccc1C(F)(F)F. The number of alkyl halides is 3. The molecule has 1 aromatic carbocycles. The second-order valence-corrected chi connectivity index (χ2v) is 6.58. The van der Waals surface area contributed by atoms with Crippen molar-refractivity contribution in [1.82, 2.24) is 4.90 Å². The van der Waals surface area contributed by atoms with Crippen molar-refractivity contribution in [2.75, 3.05) is 18.0 Å². The Morgan fingerprint density at radius 1 is 1.23 bits per heavy atom. The van der Waals surface area contributed by atoms with Gasteiger partial charge in [-0.3, -0.25) is 9.59 Å². The van der Waals surface area contributed by atoms with E-state index < -0.39 is 17.6 Å². The van der Waals surface area contributed by atoms with Gasteiger partial charge in [0, 0.05) is 32.5 Å². The highest BCUT2D eigenvalue weighted by molar-refractivity contribution is 5.93. The van der Waals surface area contributed by atoms with Gasteiger partial charge in [-0.25, -0.2) is 0 Å². The molecular formula is C19H25F3N2O2. The molecule has 0 radical (unpaired) electrons. The summed E-state index contributed by atoms with van der Waals surface area (Å²) < 4.78 is 39.7. The number of para-hydroxylation sites is 1. The fraction of sp³-hybridized carbons (Fsp3) is 0.579. The molecule has 4 nitrogen and oxygen atoms in total. The van der Waals surface area contributed by atoms with Crippen LogP contribution in [0.15, 0.2) is 24.3 Å². The van der Waals surface area contributed by atoms with Crippen molar-refractivity contribution in [2.24, 2.45) is 0 Å². The number of hydrogen-bond acceptors (Lipinski definition) is 2. The molecule has 2 amide bonds. The number of carbonyl (C=O) groups is 2. The number of benzene rings is 1. The summed E-state index contributed by atoms with van der Waals surface area (Å²) in [6, 6.07) is 5.15. The van der Waals surface area contributed by atoms with E-state index in [0.29, 0.717) is 6.54 Å². The molecular weight excluding hydrogens is 345 g/mol. The average molecular weight is 370 g/mol. The Balaban J connectivity index is 2.15. The third-order valence-corrected chi connectivity index (χ3v) is 4.85. The van der Waals surface area contributed by atoms with Gasteiger partial charge in [-0.1, -0.05) is 19.1 Å². The summed E-state index contributed by atoms with van der Waals surface area (Å²) >= 11 is 0. The van der Waals surface area contributed by atoms with E-state index in [0.717, 1.165) is 36.6 Å². The molecule has 0 spiro atoms. The molecule has 1 fully saturated rings. The minimum atomic E-state index is -4.56. The van der Waals surface area contributed by atoms with Crippen molar-refractivity contribution in [3.63, 3.8) is 0 Å². The molecule has 1 aliphatic rings. The summed E-state index contributed by atoms with van der Waals surface area (Å²) in [5, 5.41) is 0. The first-order valence-corrected chi connectivity index (χ1v) is 8.99. The van der Waals surface area contributed by atoms with E-state index in [4.69, 9.17) is 0 Å². The summed E-state index contributed by atoms with van der Waals surface area (Å²) in [6.45, 7) is 3.86. The molecule has 1 heterocycles. The standard InChI is InChI=1S/C19H25F3N2O2/c1-3-15-8-6-7-12-24(15)18(26)11-13-23(14(2)25)17-10-5-4-9-16(17)19(20,21)22/h4-5,9-10,15H,3,6-8,11-13H2,1-2H3. The van der Waals surface area contributed by atoms with Gasteiger partial charge < -0.3 is 9.80 Å². The molecule has 0 N–H and O–H groups in total. The number of anilines is 1. The summed E-state index contributed by atoms with van der Waals surface area (Å²) in [4.78, 5) is 27.4. The smallest absolute Gasteiger partial charge is 0.340 e. The summed E-state index contributed by atoms with van der Waals surface area (Å²) in [6.07, 6.45) is -0.707. The first-order valence-electron chi connectivity index (χ1n) is 8.99. The van der Waals surface area contributed by atoms with Crippen LogP contribution < -0.4 is 4.90 Å². The van der Waals surface area contributed by atoms with E-state index in [-0.39, 0.29) is 30.6 Å². The highest BCUT2D eigenvalue weighted by Crippen LogP contribution is 2.36. The zero-order chi connectivity index (χ0) is 19.3. The van der Waals surface area contributed by atoms with Crippen molar-refractivity contribution in [3.05, 3.63) is 29.8 Å². The summed E-state index contributed by atoms with van der Waals surface area (Å²) in [5.74, 6) is -0.618. The van der Waals surface area contributed by atoms with Gasteiger partial charge in [0.1, 0.15) is 0 Å². The van der Waals surface area contributed by atoms with Crippen molar-refractivity contribution in [1.29, 1.82) is 0 Å². The van der Waals surface area contributed by atoms with E-state index >= 15 is 0 Å². The number of nitrogens with zero attached hydrogens (tertiary/aromatic N) is 2. The van der Waals surface area contributed by atoms with Crippen LogP contribution in [0.25, 0.3) is 0 Å². The maximum absolute atomic E-state index is 13.2. The number of carbonyl (C=O) groups excluding carboxylic acids is 2. The quantitative estimate of drug-likeness (QED) is 0.778. The van der Waals surface area contributed by atoms with Gasteiger partial charge in [0.05, 0.1) is 11.3 Å². The second kappa shape index (κ2) is 8.56. The van der Waals surface area contributed by atoms with Gasteiger partial charge in [-0.15, -0.1) is 0 Å². The van der Waals surface area contributed by atoms with Crippen LogP contribution in [0.3, 0.4) is 0 Å². The van der Waals surface area contributed by atoms with Gasteiger partial charge in [-0.05, 0) is 37.8 Å². The molecule has 2 rings (SSSR count). The highest BCUT2D eigenvalue weighted by atomic mass is 19.4. The molecule has 1 aliphatic heterocycles. The summed E-state index contributed by atoms with van der Waals surface area (Å²) in [5.41, 5.74) is -1.07. The molecule has 1 unspecified atom stereocenters. The minimum Gasteiger partial charge on any atom is -0.340 e. The zero-order valence-electron chi connectivity index (χ0n) is 15.2. The second-order valence-electron chi connectivity index (χ2n) is 6.58. The van der Waals surface area contributed by atoms with E-state index in [9.17, 15) is 22.8 Å². The van der Waals surface area contributed by atoms with E-state index in [1.54, 1.807) is 0 Å². The molecule has 0 aromatic heterocycles. The Hall–Kier alpha value is -2.05. The predicted octanol–water partition coefficient (Wildman–Crippen LogP) is 4.24. The van der Waals surface area contributed by atoms with Crippen LogP contribution in [-0.4, -0.2) is 35.8 Å². The minimum absolute atomic E-state index is 0.0161. The maximum atomic E-state index is 13.2. The number of piperidine rings is 1. The van der Waals surface area contributed by atoms with Crippen LogP contribution in [0.1, 0.15) is 51.5 Å². The van der Waals surface area contributed by atoms with Gasteiger partial charge in [0.15, 0.2) is 0 Å². The molecule has 1 saturated heterocycles. The van der Waals surface area contributed by atoms with E-state index in [2.05, 4.69) is 0 Å². The Labute approximate surface area is 152 Å². The van der Waals surface area contributed by atoms with Crippen LogP contribution in [-0.2, 0) is 15.8 Å². The lowest BCUT2D eigenvalue weighted by Crippen LogP contribution is -2.45. The van der Waals surface area contributed by atoms with Gasteiger partial charge in [0.25, 0.3) is 0 Å². The molecule has 0 saturated carbocycles. The normalized spacial score (nSPS) is 17.9. The molecule has 26 heavy (non-hydrogen) atoms.